The highest BCUT2D eigenvalue weighted by Gasteiger charge is 2.36. The predicted molar refractivity (Wildman–Crippen MR) is 123 cm³/mol. The van der Waals surface area contributed by atoms with Crippen molar-refractivity contribution in [2.75, 3.05) is 33.0 Å². The van der Waals surface area contributed by atoms with E-state index >= 15 is 0 Å². The maximum atomic E-state index is 13.0. The van der Waals surface area contributed by atoms with E-state index in [0.29, 0.717) is 24.8 Å². The molecule has 2 saturated heterocycles. The summed E-state index contributed by atoms with van der Waals surface area (Å²) >= 11 is 1.02. The molecule has 0 N–H and O–H groups in total. The molecule has 1 aromatic heterocycles. The zero-order valence-corrected chi connectivity index (χ0v) is 17.9. The molecule has 3 aromatic rings. The summed E-state index contributed by atoms with van der Waals surface area (Å²) in [4.78, 5) is 29.4. The van der Waals surface area contributed by atoms with Crippen LogP contribution in [0.4, 0.5) is 4.79 Å². The van der Waals surface area contributed by atoms with E-state index in [1.807, 2.05) is 36.4 Å². The van der Waals surface area contributed by atoms with Crippen molar-refractivity contribution < 1.29 is 14.3 Å². The molecule has 0 atom stereocenters. The first-order chi connectivity index (χ1) is 15.2. The lowest BCUT2D eigenvalue weighted by atomic mass is 10.1. The van der Waals surface area contributed by atoms with Gasteiger partial charge in [-0.1, -0.05) is 48.5 Å². The van der Waals surface area contributed by atoms with Gasteiger partial charge in [-0.15, -0.1) is 0 Å². The molecular formula is C24H23N3O3S. The first-order valence-corrected chi connectivity index (χ1v) is 11.2. The maximum absolute atomic E-state index is 13.0. The SMILES string of the molecule is O=C1SC(=Cc2cn(Cc3ccccc3)c3ccccc23)C(=O)N1CN1CCOCC1. The molecule has 7 heteroatoms. The molecule has 2 aliphatic rings. The van der Waals surface area contributed by atoms with E-state index in [0.717, 1.165) is 47.9 Å². The van der Waals surface area contributed by atoms with Gasteiger partial charge in [0.25, 0.3) is 11.1 Å². The van der Waals surface area contributed by atoms with Crippen LogP contribution < -0.4 is 0 Å². The molecule has 0 spiro atoms. The lowest BCUT2D eigenvalue weighted by Crippen LogP contribution is -2.45. The quantitative estimate of drug-likeness (QED) is 0.569. The minimum Gasteiger partial charge on any atom is -0.379 e. The van der Waals surface area contributed by atoms with Gasteiger partial charge in [-0.25, -0.2) is 0 Å². The predicted octanol–water partition coefficient (Wildman–Crippen LogP) is 4.02. The summed E-state index contributed by atoms with van der Waals surface area (Å²) in [5.41, 5.74) is 3.26. The molecule has 2 aliphatic heterocycles. The summed E-state index contributed by atoms with van der Waals surface area (Å²) in [5.74, 6) is -0.221. The Balaban J connectivity index is 1.43. The van der Waals surface area contributed by atoms with Crippen molar-refractivity contribution >= 4 is 39.9 Å². The van der Waals surface area contributed by atoms with Gasteiger partial charge in [-0.05, 0) is 29.5 Å². The Morgan fingerprint density at radius 2 is 1.71 bits per heavy atom. The van der Waals surface area contributed by atoms with E-state index in [9.17, 15) is 9.59 Å². The number of hydrogen-bond donors (Lipinski definition) is 0. The number of amides is 2. The molecule has 158 valence electrons. The van der Waals surface area contributed by atoms with Crippen molar-refractivity contribution in [3.63, 3.8) is 0 Å². The van der Waals surface area contributed by atoms with Crippen LogP contribution in [0.1, 0.15) is 11.1 Å². The lowest BCUT2D eigenvalue weighted by Gasteiger charge is -2.29. The second-order valence-electron chi connectivity index (χ2n) is 7.70. The summed E-state index contributed by atoms with van der Waals surface area (Å²) in [6.45, 7) is 3.79. The molecule has 0 bridgehead atoms. The highest BCUT2D eigenvalue weighted by Crippen LogP contribution is 2.34. The van der Waals surface area contributed by atoms with E-state index in [2.05, 4.69) is 39.9 Å². The number of morpholine rings is 1. The first-order valence-electron chi connectivity index (χ1n) is 10.4. The number of rotatable bonds is 5. The molecule has 5 rings (SSSR count). The molecule has 0 unspecified atom stereocenters. The second-order valence-corrected chi connectivity index (χ2v) is 8.69. The van der Waals surface area contributed by atoms with E-state index in [1.165, 1.54) is 10.5 Å². The van der Waals surface area contributed by atoms with Gasteiger partial charge in [0.05, 0.1) is 24.8 Å². The Bertz CT molecular complexity index is 1150. The fourth-order valence-electron chi connectivity index (χ4n) is 4.01. The van der Waals surface area contributed by atoms with Crippen LogP contribution in [-0.4, -0.2) is 58.5 Å². The van der Waals surface area contributed by atoms with Crippen molar-refractivity contribution in [1.82, 2.24) is 14.4 Å². The minimum absolute atomic E-state index is 0.212. The van der Waals surface area contributed by atoms with Crippen molar-refractivity contribution in [3.05, 3.63) is 76.8 Å². The van der Waals surface area contributed by atoms with Gasteiger partial charge in [0, 0.05) is 42.3 Å². The topological polar surface area (TPSA) is 54.8 Å². The monoisotopic (exact) mass is 433 g/mol. The van der Waals surface area contributed by atoms with E-state index in [1.54, 1.807) is 0 Å². The number of fused-ring (bicyclic) bond motifs is 1. The van der Waals surface area contributed by atoms with Gasteiger partial charge in [0.2, 0.25) is 0 Å². The van der Waals surface area contributed by atoms with Crippen molar-refractivity contribution in [2.45, 2.75) is 6.54 Å². The Labute approximate surface area is 185 Å². The van der Waals surface area contributed by atoms with Gasteiger partial charge < -0.3 is 9.30 Å². The first kappa shape index (κ1) is 20.1. The highest BCUT2D eigenvalue weighted by molar-refractivity contribution is 8.18. The Hall–Kier alpha value is -2.87. The summed E-state index contributed by atoms with van der Waals surface area (Å²) in [5, 5.41) is 0.856. The Morgan fingerprint density at radius 1 is 0.968 bits per heavy atom. The number of benzene rings is 2. The highest BCUT2D eigenvalue weighted by atomic mass is 32.2. The summed E-state index contributed by atoms with van der Waals surface area (Å²) in [6.07, 6.45) is 3.92. The van der Waals surface area contributed by atoms with Crippen LogP contribution in [0, 0.1) is 0 Å². The van der Waals surface area contributed by atoms with Crippen molar-refractivity contribution in [3.8, 4) is 0 Å². The second kappa shape index (κ2) is 8.70. The lowest BCUT2D eigenvalue weighted by molar-refractivity contribution is -0.125. The van der Waals surface area contributed by atoms with Crippen LogP contribution in [0.25, 0.3) is 17.0 Å². The van der Waals surface area contributed by atoms with Gasteiger partial charge >= 0.3 is 0 Å². The molecule has 2 aromatic carbocycles. The minimum atomic E-state index is -0.221. The zero-order chi connectivity index (χ0) is 21.2. The Kier molecular flexibility index (Phi) is 5.63. The smallest absolute Gasteiger partial charge is 0.294 e. The van der Waals surface area contributed by atoms with E-state index < -0.39 is 0 Å². The number of ether oxygens (including phenoxy) is 1. The maximum Gasteiger partial charge on any atom is 0.294 e. The fraction of sp³-hybridized carbons (Fsp3) is 0.250. The molecule has 0 saturated carbocycles. The summed E-state index contributed by atoms with van der Waals surface area (Å²) in [6, 6.07) is 18.4. The third-order valence-corrected chi connectivity index (χ3v) is 6.53. The Morgan fingerprint density at radius 3 is 2.52 bits per heavy atom. The number of thioether (sulfide) groups is 1. The zero-order valence-electron chi connectivity index (χ0n) is 17.1. The average molecular weight is 434 g/mol. The number of carbonyl (C=O) groups excluding carboxylic acids is 2. The van der Waals surface area contributed by atoms with Gasteiger partial charge in [-0.3, -0.25) is 19.4 Å². The van der Waals surface area contributed by atoms with Crippen LogP contribution in [0.3, 0.4) is 0 Å². The fourth-order valence-corrected chi connectivity index (χ4v) is 4.83. The number of nitrogens with zero attached hydrogens (tertiary/aromatic N) is 3. The number of carbonyl (C=O) groups is 2. The van der Waals surface area contributed by atoms with Crippen molar-refractivity contribution in [1.29, 1.82) is 0 Å². The average Bonchev–Trinajstić information content (AvgIpc) is 3.27. The van der Waals surface area contributed by atoms with Gasteiger partial charge in [0.1, 0.15) is 0 Å². The molecule has 2 fully saturated rings. The number of aromatic nitrogens is 1. The third kappa shape index (κ3) is 4.17. The van der Waals surface area contributed by atoms with Crippen LogP contribution in [0.2, 0.25) is 0 Å². The van der Waals surface area contributed by atoms with Crippen LogP contribution in [0.15, 0.2) is 65.7 Å². The molecular weight excluding hydrogens is 410 g/mol. The molecule has 31 heavy (non-hydrogen) atoms. The largest absolute Gasteiger partial charge is 0.379 e. The molecule has 0 radical (unpaired) electrons. The normalized spacial score (nSPS) is 19.1. The van der Waals surface area contributed by atoms with E-state index in [-0.39, 0.29) is 11.1 Å². The van der Waals surface area contributed by atoms with Crippen LogP contribution in [0.5, 0.6) is 0 Å². The third-order valence-electron chi connectivity index (χ3n) is 5.62. The van der Waals surface area contributed by atoms with Crippen LogP contribution >= 0.6 is 11.8 Å². The van der Waals surface area contributed by atoms with Crippen molar-refractivity contribution in [2.24, 2.45) is 0 Å². The molecule has 6 nitrogen and oxygen atoms in total. The summed E-state index contributed by atoms with van der Waals surface area (Å²) < 4.78 is 7.54. The van der Waals surface area contributed by atoms with Gasteiger partial charge in [-0.2, -0.15) is 0 Å². The number of hydrogen-bond acceptors (Lipinski definition) is 5. The molecule has 3 heterocycles. The molecule has 2 amide bonds. The molecule has 0 aliphatic carbocycles. The van der Waals surface area contributed by atoms with E-state index in [4.69, 9.17) is 4.74 Å². The standard InChI is InChI=1S/C24H23N3O3S/c28-23-22(31-24(29)27(23)17-25-10-12-30-13-11-25)14-19-16-26(15-18-6-2-1-3-7-18)21-9-5-4-8-20(19)21/h1-9,14,16H,10-13,15,17H2. The number of para-hydroxylation sites is 1. The van der Waals surface area contributed by atoms with Crippen LogP contribution in [-0.2, 0) is 16.1 Å². The van der Waals surface area contributed by atoms with Gasteiger partial charge in [0.15, 0.2) is 0 Å². The summed E-state index contributed by atoms with van der Waals surface area (Å²) in [7, 11) is 0. The number of imide groups is 1.